The van der Waals surface area contributed by atoms with E-state index in [4.69, 9.17) is 0 Å². The average Bonchev–Trinajstić information content (AvgIpc) is 3.36. The van der Waals surface area contributed by atoms with Crippen LogP contribution in [0.15, 0.2) is 71.4 Å². The molecule has 8 heteroatoms. The molecule has 3 aromatic rings. The Morgan fingerprint density at radius 3 is 2.40 bits per heavy atom. The quantitative estimate of drug-likeness (QED) is 0.401. The lowest BCUT2D eigenvalue weighted by molar-refractivity contribution is -0.137. The highest BCUT2D eigenvalue weighted by Crippen LogP contribution is 2.35. The molecule has 0 saturated heterocycles. The van der Waals surface area contributed by atoms with E-state index in [-0.39, 0.29) is 24.1 Å². The fourth-order valence-electron chi connectivity index (χ4n) is 4.50. The van der Waals surface area contributed by atoms with Crippen molar-refractivity contribution in [2.24, 2.45) is 0 Å². The van der Waals surface area contributed by atoms with Gasteiger partial charge in [-0.25, -0.2) is 0 Å². The highest BCUT2D eigenvalue weighted by Gasteiger charge is 2.36. The van der Waals surface area contributed by atoms with Crippen molar-refractivity contribution in [3.05, 3.63) is 88.1 Å². The SMILES string of the molecule is O=C(NC1CCCCC1)[C@@H](c1ccccc1)N(C(=O)Cc1ccsc1)c1cccc(C(F)(F)F)c1. The van der Waals surface area contributed by atoms with Crippen LogP contribution in [0, 0.1) is 0 Å². The van der Waals surface area contributed by atoms with Gasteiger partial charge in [-0.05, 0) is 59.0 Å². The molecule has 2 aromatic carbocycles. The Hall–Kier alpha value is -3.13. The molecule has 1 fully saturated rings. The van der Waals surface area contributed by atoms with Crippen LogP contribution in [0.3, 0.4) is 0 Å². The lowest BCUT2D eigenvalue weighted by Gasteiger charge is -2.34. The molecule has 0 radical (unpaired) electrons. The Kier molecular flexibility index (Phi) is 7.90. The molecule has 1 aliphatic carbocycles. The largest absolute Gasteiger partial charge is 0.416 e. The molecular formula is C27H27F3N2O2S. The van der Waals surface area contributed by atoms with Crippen molar-refractivity contribution in [1.29, 1.82) is 0 Å². The Bertz CT molecular complexity index is 1130. The van der Waals surface area contributed by atoms with Gasteiger partial charge in [0, 0.05) is 11.7 Å². The van der Waals surface area contributed by atoms with E-state index < -0.39 is 23.7 Å². The maximum absolute atomic E-state index is 13.7. The molecule has 1 atom stereocenters. The van der Waals surface area contributed by atoms with Gasteiger partial charge in [0.15, 0.2) is 0 Å². The molecular weight excluding hydrogens is 473 g/mol. The molecule has 0 spiro atoms. The first kappa shape index (κ1) is 25.0. The zero-order valence-electron chi connectivity index (χ0n) is 19.1. The van der Waals surface area contributed by atoms with Gasteiger partial charge in [-0.15, -0.1) is 0 Å². The molecule has 4 rings (SSSR count). The van der Waals surface area contributed by atoms with E-state index in [1.54, 1.807) is 36.4 Å². The normalized spacial score (nSPS) is 15.4. The summed E-state index contributed by atoms with van der Waals surface area (Å²) in [5.74, 6) is -0.838. The minimum Gasteiger partial charge on any atom is -0.351 e. The predicted octanol–water partition coefficient (Wildman–Crippen LogP) is 6.53. The third-order valence-electron chi connectivity index (χ3n) is 6.23. The topological polar surface area (TPSA) is 49.4 Å². The van der Waals surface area contributed by atoms with Gasteiger partial charge in [0.2, 0.25) is 11.8 Å². The zero-order chi connectivity index (χ0) is 24.8. The van der Waals surface area contributed by atoms with Crippen LogP contribution in [0.2, 0.25) is 0 Å². The number of nitrogens with zero attached hydrogens (tertiary/aromatic N) is 1. The van der Waals surface area contributed by atoms with E-state index in [0.717, 1.165) is 49.8 Å². The van der Waals surface area contributed by atoms with Crippen molar-refractivity contribution in [2.45, 2.75) is 56.8 Å². The summed E-state index contributed by atoms with van der Waals surface area (Å²) in [5.41, 5.74) is 0.448. The number of amides is 2. The van der Waals surface area contributed by atoms with Gasteiger partial charge < -0.3 is 5.32 Å². The fourth-order valence-corrected chi connectivity index (χ4v) is 5.17. The summed E-state index contributed by atoms with van der Waals surface area (Å²) in [6.07, 6.45) is 0.221. The van der Waals surface area contributed by atoms with Crippen LogP contribution >= 0.6 is 11.3 Å². The lowest BCUT2D eigenvalue weighted by Crippen LogP contribution is -2.47. The van der Waals surface area contributed by atoms with Crippen LogP contribution in [-0.2, 0) is 22.2 Å². The minimum absolute atomic E-state index is 0.0159. The molecule has 0 unspecified atom stereocenters. The molecule has 35 heavy (non-hydrogen) atoms. The number of benzene rings is 2. The molecule has 1 heterocycles. The van der Waals surface area contributed by atoms with E-state index in [1.807, 2.05) is 10.8 Å². The Morgan fingerprint density at radius 2 is 1.74 bits per heavy atom. The number of anilines is 1. The van der Waals surface area contributed by atoms with Crippen molar-refractivity contribution < 1.29 is 22.8 Å². The number of nitrogens with one attached hydrogen (secondary N) is 1. The molecule has 2 amide bonds. The number of rotatable bonds is 7. The van der Waals surface area contributed by atoms with Gasteiger partial charge >= 0.3 is 6.18 Å². The monoisotopic (exact) mass is 500 g/mol. The number of hydrogen-bond donors (Lipinski definition) is 1. The van der Waals surface area contributed by atoms with Crippen molar-refractivity contribution in [1.82, 2.24) is 5.32 Å². The van der Waals surface area contributed by atoms with E-state index >= 15 is 0 Å². The summed E-state index contributed by atoms with van der Waals surface area (Å²) in [4.78, 5) is 28.6. The van der Waals surface area contributed by atoms with Gasteiger partial charge in [0.1, 0.15) is 6.04 Å². The minimum atomic E-state index is -4.58. The number of carbonyl (C=O) groups is 2. The van der Waals surface area contributed by atoms with Gasteiger partial charge in [-0.1, -0.05) is 55.7 Å². The number of thiophene rings is 1. The van der Waals surface area contributed by atoms with Crippen molar-refractivity contribution in [3.63, 3.8) is 0 Å². The first-order valence-electron chi connectivity index (χ1n) is 11.7. The Labute approximate surface area is 206 Å². The summed E-state index contributed by atoms with van der Waals surface area (Å²) in [7, 11) is 0. The molecule has 1 aliphatic rings. The van der Waals surface area contributed by atoms with E-state index in [9.17, 15) is 22.8 Å². The van der Waals surface area contributed by atoms with Crippen LogP contribution in [0.4, 0.5) is 18.9 Å². The fraction of sp³-hybridized carbons (Fsp3) is 0.333. The van der Waals surface area contributed by atoms with E-state index in [1.165, 1.54) is 28.4 Å². The van der Waals surface area contributed by atoms with Crippen LogP contribution in [0.25, 0.3) is 0 Å². The number of hydrogen-bond acceptors (Lipinski definition) is 3. The summed E-state index contributed by atoms with van der Waals surface area (Å²) in [5, 5.41) is 6.73. The summed E-state index contributed by atoms with van der Waals surface area (Å²) < 4.78 is 40.6. The zero-order valence-corrected chi connectivity index (χ0v) is 19.9. The first-order chi connectivity index (χ1) is 16.8. The van der Waals surface area contributed by atoms with Gasteiger partial charge in [-0.2, -0.15) is 24.5 Å². The maximum atomic E-state index is 13.7. The van der Waals surface area contributed by atoms with Gasteiger partial charge in [0.25, 0.3) is 0 Å². The summed E-state index contributed by atoms with van der Waals surface area (Å²) in [6, 6.07) is 14.1. The number of halogens is 3. The third kappa shape index (κ3) is 6.31. The van der Waals surface area contributed by atoms with E-state index in [0.29, 0.717) is 5.56 Å². The summed E-state index contributed by atoms with van der Waals surface area (Å²) in [6.45, 7) is 0. The second kappa shape index (κ2) is 11.1. The molecule has 0 aliphatic heterocycles. The number of carbonyl (C=O) groups excluding carboxylic acids is 2. The van der Waals surface area contributed by atoms with Crippen LogP contribution < -0.4 is 10.2 Å². The van der Waals surface area contributed by atoms with Crippen LogP contribution in [-0.4, -0.2) is 17.9 Å². The van der Waals surface area contributed by atoms with Crippen molar-refractivity contribution in [2.75, 3.05) is 4.90 Å². The predicted molar refractivity (Wildman–Crippen MR) is 131 cm³/mol. The van der Waals surface area contributed by atoms with Crippen molar-refractivity contribution >= 4 is 28.8 Å². The van der Waals surface area contributed by atoms with Crippen LogP contribution in [0.5, 0.6) is 0 Å². The standard InChI is InChI=1S/C27H27F3N2O2S/c28-27(29,30)21-10-7-13-23(17-21)32(24(33)16-19-14-15-35-18-19)25(20-8-3-1-4-9-20)26(34)31-22-11-5-2-6-12-22/h1,3-4,7-10,13-15,17-18,22,25H,2,5-6,11-12,16H2,(H,31,34)/t25-/m1/s1. The Morgan fingerprint density at radius 1 is 1.00 bits per heavy atom. The first-order valence-corrected chi connectivity index (χ1v) is 12.6. The molecule has 1 N–H and O–H groups in total. The highest BCUT2D eigenvalue weighted by atomic mass is 32.1. The van der Waals surface area contributed by atoms with Gasteiger partial charge in [-0.3, -0.25) is 14.5 Å². The van der Waals surface area contributed by atoms with E-state index in [2.05, 4.69) is 5.32 Å². The molecule has 184 valence electrons. The van der Waals surface area contributed by atoms with Crippen molar-refractivity contribution in [3.8, 4) is 0 Å². The summed E-state index contributed by atoms with van der Waals surface area (Å²) >= 11 is 1.43. The molecule has 0 bridgehead atoms. The molecule has 1 saturated carbocycles. The maximum Gasteiger partial charge on any atom is 0.416 e. The second-order valence-electron chi connectivity index (χ2n) is 8.78. The molecule has 1 aromatic heterocycles. The van der Waals surface area contributed by atoms with Gasteiger partial charge in [0.05, 0.1) is 12.0 Å². The Balaban J connectivity index is 1.77. The number of alkyl halides is 3. The smallest absolute Gasteiger partial charge is 0.351 e. The molecule has 4 nitrogen and oxygen atoms in total. The average molecular weight is 501 g/mol. The second-order valence-corrected chi connectivity index (χ2v) is 9.56. The third-order valence-corrected chi connectivity index (χ3v) is 6.96. The van der Waals surface area contributed by atoms with Crippen LogP contribution in [0.1, 0.15) is 54.8 Å². The highest BCUT2D eigenvalue weighted by molar-refractivity contribution is 7.08. The lowest BCUT2D eigenvalue weighted by atomic mass is 9.94.